The van der Waals surface area contributed by atoms with E-state index in [9.17, 15) is 19.1 Å². The number of carboxylic acid groups (broad SMARTS) is 1. The molecule has 0 aliphatic carbocycles. The van der Waals surface area contributed by atoms with Crippen LogP contribution in [-0.2, 0) is 16.0 Å². The molecule has 1 N–H and O–H groups in total. The Morgan fingerprint density at radius 1 is 0.825 bits per heavy atom. The van der Waals surface area contributed by atoms with Crippen molar-refractivity contribution in [2.75, 3.05) is 40.0 Å². The molecule has 0 radical (unpaired) electrons. The van der Waals surface area contributed by atoms with Crippen molar-refractivity contribution in [1.82, 2.24) is 4.90 Å². The molecule has 10 heteroatoms. The molecule has 9 nitrogen and oxygen atoms in total. The predicted molar refractivity (Wildman–Crippen MR) is 146 cm³/mol. The van der Waals surface area contributed by atoms with E-state index in [2.05, 4.69) is 0 Å². The molecule has 1 atom stereocenters. The SMILES string of the molecule is CCOC(Cc1ccc(OCCN(CCCOc2ccc(F)cc2)C(=O)Oc2ccc(OC)cc2)cc1)C(=O)O. The van der Waals surface area contributed by atoms with Crippen LogP contribution in [-0.4, -0.2) is 68.2 Å². The van der Waals surface area contributed by atoms with E-state index in [0.717, 1.165) is 5.56 Å². The Morgan fingerprint density at radius 3 is 2.00 bits per heavy atom. The van der Waals surface area contributed by atoms with Crippen molar-refractivity contribution in [1.29, 1.82) is 0 Å². The number of hydrogen-bond acceptors (Lipinski definition) is 7. The van der Waals surface area contributed by atoms with Crippen molar-refractivity contribution in [3.05, 3.63) is 84.2 Å². The molecule has 0 spiro atoms. The molecule has 0 aliphatic rings. The summed E-state index contributed by atoms with van der Waals surface area (Å²) in [5.74, 6) is 0.787. The third-order valence-corrected chi connectivity index (χ3v) is 5.80. The molecule has 3 aromatic rings. The van der Waals surface area contributed by atoms with Crippen LogP contribution in [0.1, 0.15) is 18.9 Å². The van der Waals surface area contributed by atoms with E-state index in [1.165, 1.54) is 17.0 Å². The molecule has 0 saturated heterocycles. The molecule has 0 bridgehead atoms. The van der Waals surface area contributed by atoms with Crippen LogP contribution >= 0.6 is 0 Å². The second kappa shape index (κ2) is 15.9. The summed E-state index contributed by atoms with van der Waals surface area (Å²) in [6.45, 7) is 3.17. The van der Waals surface area contributed by atoms with Gasteiger partial charge in [-0.15, -0.1) is 0 Å². The highest BCUT2D eigenvalue weighted by Gasteiger charge is 2.18. The maximum absolute atomic E-state index is 13.1. The summed E-state index contributed by atoms with van der Waals surface area (Å²) < 4.78 is 40.5. The van der Waals surface area contributed by atoms with Crippen molar-refractivity contribution >= 4 is 12.1 Å². The van der Waals surface area contributed by atoms with Gasteiger partial charge in [0.15, 0.2) is 6.10 Å². The first kappa shape index (κ1) is 30.2. The van der Waals surface area contributed by atoms with Gasteiger partial charge in [0.1, 0.15) is 35.4 Å². The van der Waals surface area contributed by atoms with Crippen LogP contribution in [0, 0.1) is 5.82 Å². The van der Waals surface area contributed by atoms with Gasteiger partial charge >= 0.3 is 12.1 Å². The smallest absolute Gasteiger partial charge is 0.415 e. The van der Waals surface area contributed by atoms with Gasteiger partial charge in [0.2, 0.25) is 0 Å². The Labute approximate surface area is 233 Å². The third kappa shape index (κ3) is 10.1. The standard InChI is InChI=1S/C30H34FNO8/c1-3-37-28(29(33)34)21-22-5-9-25(10-6-22)39-20-18-32(17-4-19-38-26-11-7-23(31)8-12-26)30(35)40-27-15-13-24(36-2)14-16-27/h5-16,28H,3-4,17-21H2,1-2H3,(H,33,34). The zero-order chi connectivity index (χ0) is 28.7. The molecule has 3 rings (SSSR count). The van der Waals surface area contributed by atoms with Crippen LogP contribution in [0.25, 0.3) is 0 Å². The number of halogens is 1. The largest absolute Gasteiger partial charge is 0.497 e. The molecular formula is C30H34FNO8. The topological polar surface area (TPSA) is 104 Å². The lowest BCUT2D eigenvalue weighted by atomic mass is 10.1. The van der Waals surface area contributed by atoms with Crippen LogP contribution in [0.2, 0.25) is 0 Å². The quantitative estimate of drug-likeness (QED) is 0.240. The van der Waals surface area contributed by atoms with Crippen molar-refractivity contribution in [3.8, 4) is 23.0 Å². The molecule has 0 aromatic heterocycles. The van der Waals surface area contributed by atoms with Crippen LogP contribution in [0.3, 0.4) is 0 Å². The molecule has 0 heterocycles. The maximum Gasteiger partial charge on any atom is 0.415 e. The zero-order valence-electron chi connectivity index (χ0n) is 22.6. The average Bonchev–Trinajstić information content (AvgIpc) is 2.96. The van der Waals surface area contributed by atoms with E-state index >= 15 is 0 Å². The number of methoxy groups -OCH3 is 1. The Morgan fingerprint density at radius 2 is 1.40 bits per heavy atom. The normalized spacial score (nSPS) is 11.4. The minimum atomic E-state index is -1.01. The Bertz CT molecular complexity index is 1190. The van der Waals surface area contributed by atoms with Crippen LogP contribution < -0.4 is 18.9 Å². The first-order valence-electron chi connectivity index (χ1n) is 12.9. The number of carbonyl (C=O) groups is 2. The van der Waals surface area contributed by atoms with Gasteiger partial charge in [0.25, 0.3) is 0 Å². The molecule has 1 amide bonds. The summed E-state index contributed by atoms with van der Waals surface area (Å²) >= 11 is 0. The molecular weight excluding hydrogens is 521 g/mol. The minimum Gasteiger partial charge on any atom is -0.497 e. The van der Waals surface area contributed by atoms with Gasteiger partial charge in [0.05, 0.1) is 20.3 Å². The Hall–Kier alpha value is -4.31. The maximum atomic E-state index is 13.1. The van der Waals surface area contributed by atoms with Gasteiger partial charge in [-0.25, -0.2) is 14.0 Å². The fourth-order valence-corrected chi connectivity index (χ4v) is 3.71. The molecule has 3 aromatic carbocycles. The van der Waals surface area contributed by atoms with Gasteiger partial charge < -0.3 is 33.7 Å². The fraction of sp³-hybridized carbons (Fsp3) is 0.333. The summed E-state index contributed by atoms with van der Waals surface area (Å²) in [4.78, 5) is 25.8. The summed E-state index contributed by atoms with van der Waals surface area (Å²) in [6, 6.07) is 19.5. The van der Waals surface area contributed by atoms with Crippen molar-refractivity contribution in [2.24, 2.45) is 0 Å². The highest BCUT2D eigenvalue weighted by Crippen LogP contribution is 2.19. The highest BCUT2D eigenvalue weighted by atomic mass is 19.1. The van der Waals surface area contributed by atoms with Crippen molar-refractivity contribution < 1.29 is 42.8 Å². The molecule has 0 fully saturated rings. The molecule has 1 unspecified atom stereocenters. The lowest BCUT2D eigenvalue weighted by Gasteiger charge is -2.22. The first-order chi connectivity index (χ1) is 19.4. The highest BCUT2D eigenvalue weighted by molar-refractivity contribution is 5.72. The van der Waals surface area contributed by atoms with Gasteiger partial charge in [-0.1, -0.05) is 12.1 Å². The van der Waals surface area contributed by atoms with E-state index in [1.807, 2.05) is 0 Å². The van der Waals surface area contributed by atoms with E-state index in [1.54, 1.807) is 74.7 Å². The fourth-order valence-electron chi connectivity index (χ4n) is 3.71. The van der Waals surface area contributed by atoms with Crippen molar-refractivity contribution in [3.63, 3.8) is 0 Å². The summed E-state index contributed by atoms with van der Waals surface area (Å²) in [5, 5.41) is 9.28. The van der Waals surface area contributed by atoms with Gasteiger partial charge in [-0.05, 0) is 79.6 Å². The molecule has 40 heavy (non-hydrogen) atoms. The van der Waals surface area contributed by atoms with E-state index < -0.39 is 18.2 Å². The monoisotopic (exact) mass is 555 g/mol. The van der Waals surface area contributed by atoms with Gasteiger partial charge in [0, 0.05) is 19.6 Å². The number of hydrogen-bond donors (Lipinski definition) is 1. The minimum absolute atomic E-state index is 0.201. The van der Waals surface area contributed by atoms with Gasteiger partial charge in [-0.2, -0.15) is 0 Å². The second-order valence-electron chi connectivity index (χ2n) is 8.67. The summed E-state index contributed by atoms with van der Waals surface area (Å²) in [6.07, 6.45) is -0.696. The van der Waals surface area contributed by atoms with Gasteiger partial charge in [-0.3, -0.25) is 0 Å². The lowest BCUT2D eigenvalue weighted by Crippen LogP contribution is -2.38. The van der Waals surface area contributed by atoms with Crippen LogP contribution in [0.4, 0.5) is 9.18 Å². The second-order valence-corrected chi connectivity index (χ2v) is 8.67. The number of carbonyl (C=O) groups excluding carboxylic acids is 1. The average molecular weight is 556 g/mol. The predicted octanol–water partition coefficient (Wildman–Crippen LogP) is 5.22. The Balaban J connectivity index is 1.54. The lowest BCUT2D eigenvalue weighted by molar-refractivity contribution is -0.149. The van der Waals surface area contributed by atoms with Crippen LogP contribution in [0.15, 0.2) is 72.8 Å². The number of aliphatic carboxylic acids is 1. The number of benzene rings is 3. The molecule has 0 saturated carbocycles. The summed E-state index contributed by atoms with van der Waals surface area (Å²) in [7, 11) is 1.55. The Kier molecular flexibility index (Phi) is 12.1. The van der Waals surface area contributed by atoms with Crippen molar-refractivity contribution in [2.45, 2.75) is 25.9 Å². The first-order valence-corrected chi connectivity index (χ1v) is 12.9. The summed E-state index contributed by atoms with van der Waals surface area (Å²) in [5.41, 5.74) is 0.805. The number of carboxylic acids is 1. The molecule has 0 aliphatic heterocycles. The zero-order valence-corrected chi connectivity index (χ0v) is 22.6. The van der Waals surface area contributed by atoms with Crippen LogP contribution in [0.5, 0.6) is 23.0 Å². The number of ether oxygens (including phenoxy) is 5. The van der Waals surface area contributed by atoms with E-state index in [0.29, 0.717) is 49.2 Å². The number of amides is 1. The number of nitrogens with zero attached hydrogens (tertiary/aromatic N) is 1. The number of rotatable bonds is 16. The van der Waals surface area contributed by atoms with E-state index in [4.69, 9.17) is 23.7 Å². The third-order valence-electron chi connectivity index (χ3n) is 5.80. The van der Waals surface area contributed by atoms with E-state index in [-0.39, 0.29) is 25.4 Å². The molecule has 214 valence electrons.